The average molecular weight is 330 g/mol. The fourth-order valence-electron chi connectivity index (χ4n) is 1.66. The second-order valence-electron chi connectivity index (χ2n) is 4.72. The Hall–Kier alpha value is -1.52. The molecule has 1 aromatic rings. The highest BCUT2D eigenvalue weighted by Crippen LogP contribution is 2.25. The lowest BCUT2D eigenvalue weighted by atomic mass is 10.0. The number of halogens is 2. The minimum Gasteiger partial charge on any atom is -0.467 e. The van der Waals surface area contributed by atoms with Gasteiger partial charge < -0.3 is 10.1 Å². The van der Waals surface area contributed by atoms with Crippen LogP contribution in [0.1, 0.15) is 19.4 Å². The maximum Gasteiger partial charge on any atom is 0.328 e. The van der Waals surface area contributed by atoms with Crippen LogP contribution in [0, 0.1) is 5.92 Å². The van der Waals surface area contributed by atoms with E-state index in [1.54, 1.807) is 18.2 Å². The molecular formula is C15H17Cl2NO3. The normalized spacial score (nSPS) is 12.5. The summed E-state index contributed by atoms with van der Waals surface area (Å²) in [6.45, 7) is 3.63. The van der Waals surface area contributed by atoms with Gasteiger partial charge in [0.25, 0.3) is 0 Å². The minimum absolute atomic E-state index is 0.0845. The number of methoxy groups -OCH3 is 1. The van der Waals surface area contributed by atoms with E-state index in [2.05, 4.69) is 10.1 Å². The maximum atomic E-state index is 11.9. The first-order valence-corrected chi connectivity index (χ1v) is 7.12. The second-order valence-corrected chi connectivity index (χ2v) is 5.54. The van der Waals surface area contributed by atoms with Gasteiger partial charge in [-0.15, -0.1) is 0 Å². The Morgan fingerprint density at radius 1 is 1.24 bits per heavy atom. The predicted octanol–water partition coefficient (Wildman–Crippen LogP) is 3.32. The average Bonchev–Trinajstić information content (AvgIpc) is 2.43. The molecule has 0 aliphatic carbocycles. The van der Waals surface area contributed by atoms with Gasteiger partial charge in [0, 0.05) is 21.7 Å². The molecule has 1 atom stereocenters. The highest BCUT2D eigenvalue weighted by molar-refractivity contribution is 6.37. The van der Waals surface area contributed by atoms with Gasteiger partial charge in [-0.3, -0.25) is 4.79 Å². The SMILES string of the molecule is COC(=O)[C@@H](NC(=O)/C=C\c1c(Cl)cccc1Cl)C(C)C. The number of rotatable bonds is 5. The Kier molecular flexibility index (Phi) is 6.72. The number of esters is 1. The van der Waals surface area contributed by atoms with Gasteiger partial charge >= 0.3 is 5.97 Å². The predicted molar refractivity (Wildman–Crippen MR) is 84.3 cm³/mol. The molecule has 0 saturated heterocycles. The van der Waals surface area contributed by atoms with E-state index in [0.29, 0.717) is 15.6 Å². The molecule has 0 unspecified atom stereocenters. The van der Waals surface area contributed by atoms with E-state index < -0.39 is 17.9 Å². The van der Waals surface area contributed by atoms with E-state index in [0.717, 1.165) is 0 Å². The zero-order chi connectivity index (χ0) is 16.0. The van der Waals surface area contributed by atoms with Gasteiger partial charge in [-0.2, -0.15) is 0 Å². The van der Waals surface area contributed by atoms with Gasteiger partial charge in [-0.1, -0.05) is 43.1 Å². The number of nitrogens with one attached hydrogen (secondary N) is 1. The van der Waals surface area contributed by atoms with Crippen molar-refractivity contribution < 1.29 is 14.3 Å². The molecule has 0 aliphatic heterocycles. The van der Waals surface area contributed by atoms with Crippen LogP contribution in [0.3, 0.4) is 0 Å². The van der Waals surface area contributed by atoms with E-state index in [4.69, 9.17) is 23.2 Å². The van der Waals surface area contributed by atoms with Crippen LogP contribution in [0.15, 0.2) is 24.3 Å². The van der Waals surface area contributed by atoms with Crippen LogP contribution in [-0.2, 0) is 14.3 Å². The fourth-order valence-corrected chi connectivity index (χ4v) is 2.18. The molecule has 0 heterocycles. The molecule has 1 N–H and O–H groups in total. The quantitative estimate of drug-likeness (QED) is 0.666. The summed E-state index contributed by atoms with van der Waals surface area (Å²) in [4.78, 5) is 23.5. The number of ether oxygens (including phenoxy) is 1. The molecule has 1 aromatic carbocycles. The van der Waals surface area contributed by atoms with Crippen molar-refractivity contribution in [2.75, 3.05) is 7.11 Å². The molecule has 0 fully saturated rings. The molecule has 0 aliphatic rings. The lowest BCUT2D eigenvalue weighted by Crippen LogP contribution is -2.44. The summed E-state index contributed by atoms with van der Waals surface area (Å²) in [7, 11) is 1.28. The van der Waals surface area contributed by atoms with Crippen molar-refractivity contribution in [3.63, 3.8) is 0 Å². The van der Waals surface area contributed by atoms with Gasteiger partial charge in [0.05, 0.1) is 7.11 Å². The third-order valence-electron chi connectivity index (χ3n) is 2.82. The van der Waals surface area contributed by atoms with Crippen LogP contribution < -0.4 is 5.32 Å². The van der Waals surface area contributed by atoms with E-state index >= 15 is 0 Å². The number of hydrogen-bond donors (Lipinski definition) is 1. The zero-order valence-electron chi connectivity index (χ0n) is 12.0. The summed E-state index contributed by atoms with van der Waals surface area (Å²) in [5.74, 6) is -0.990. The highest BCUT2D eigenvalue weighted by Gasteiger charge is 2.23. The van der Waals surface area contributed by atoms with Gasteiger partial charge in [0.1, 0.15) is 6.04 Å². The van der Waals surface area contributed by atoms with Crippen LogP contribution in [0.5, 0.6) is 0 Å². The Morgan fingerprint density at radius 3 is 2.29 bits per heavy atom. The molecule has 21 heavy (non-hydrogen) atoms. The lowest BCUT2D eigenvalue weighted by molar-refractivity contribution is -0.145. The number of hydrogen-bond acceptors (Lipinski definition) is 3. The van der Waals surface area contributed by atoms with Gasteiger partial charge in [-0.25, -0.2) is 4.79 Å². The zero-order valence-corrected chi connectivity index (χ0v) is 13.5. The third-order valence-corrected chi connectivity index (χ3v) is 3.48. The summed E-state index contributed by atoms with van der Waals surface area (Å²) in [5.41, 5.74) is 0.551. The largest absolute Gasteiger partial charge is 0.467 e. The van der Waals surface area contributed by atoms with E-state index in [9.17, 15) is 9.59 Å². The number of carbonyl (C=O) groups is 2. The maximum absolute atomic E-state index is 11.9. The lowest BCUT2D eigenvalue weighted by Gasteiger charge is -2.18. The van der Waals surface area contributed by atoms with Crippen LogP contribution in [-0.4, -0.2) is 25.0 Å². The molecule has 4 nitrogen and oxygen atoms in total. The van der Waals surface area contributed by atoms with Crippen molar-refractivity contribution in [1.82, 2.24) is 5.32 Å². The molecule has 0 bridgehead atoms. The smallest absolute Gasteiger partial charge is 0.328 e. The molecule has 0 aromatic heterocycles. The second kappa shape index (κ2) is 8.05. The van der Waals surface area contributed by atoms with Crippen molar-refractivity contribution >= 4 is 41.2 Å². The molecular weight excluding hydrogens is 313 g/mol. The summed E-state index contributed by atoms with van der Waals surface area (Å²) in [5, 5.41) is 3.48. The van der Waals surface area contributed by atoms with Crippen molar-refractivity contribution in [3.8, 4) is 0 Å². The van der Waals surface area contributed by atoms with Gasteiger partial charge in [0.15, 0.2) is 0 Å². The van der Waals surface area contributed by atoms with E-state index in [1.807, 2.05) is 13.8 Å². The van der Waals surface area contributed by atoms with Crippen LogP contribution in [0.2, 0.25) is 10.0 Å². The summed E-state index contributed by atoms with van der Waals surface area (Å²) in [6.07, 6.45) is 2.79. The summed E-state index contributed by atoms with van der Waals surface area (Å²) < 4.78 is 4.66. The molecule has 6 heteroatoms. The van der Waals surface area contributed by atoms with Crippen LogP contribution in [0.4, 0.5) is 0 Å². The fraction of sp³-hybridized carbons (Fsp3) is 0.333. The Balaban J connectivity index is 2.81. The van der Waals surface area contributed by atoms with Crippen LogP contribution >= 0.6 is 23.2 Å². The molecule has 1 rings (SSSR count). The molecule has 114 valence electrons. The van der Waals surface area contributed by atoms with E-state index in [1.165, 1.54) is 19.3 Å². The molecule has 0 radical (unpaired) electrons. The first-order valence-electron chi connectivity index (χ1n) is 6.37. The number of carbonyl (C=O) groups excluding carboxylic acids is 2. The first-order chi connectivity index (χ1) is 9.86. The third kappa shape index (κ3) is 5.06. The van der Waals surface area contributed by atoms with Crippen LogP contribution in [0.25, 0.3) is 6.08 Å². The summed E-state index contributed by atoms with van der Waals surface area (Å²) >= 11 is 12.0. The number of benzene rings is 1. The van der Waals surface area contributed by atoms with Crippen molar-refractivity contribution in [2.45, 2.75) is 19.9 Å². The molecule has 0 spiro atoms. The van der Waals surface area contributed by atoms with Crippen molar-refractivity contribution in [1.29, 1.82) is 0 Å². The standard InChI is InChI=1S/C15H17Cl2NO3/c1-9(2)14(15(20)21-3)18-13(19)8-7-10-11(16)5-4-6-12(10)17/h4-9,14H,1-3H3,(H,18,19)/b8-7-/t14-/m0/s1. The van der Waals surface area contributed by atoms with Gasteiger partial charge in [0.2, 0.25) is 5.91 Å². The Bertz CT molecular complexity index is 536. The Labute approximate surface area is 134 Å². The molecule has 0 saturated carbocycles. The number of amides is 1. The first kappa shape index (κ1) is 17.5. The highest BCUT2D eigenvalue weighted by atomic mass is 35.5. The topological polar surface area (TPSA) is 55.4 Å². The summed E-state index contributed by atoms with van der Waals surface area (Å²) in [6, 6.07) is 4.37. The van der Waals surface area contributed by atoms with E-state index in [-0.39, 0.29) is 5.92 Å². The Morgan fingerprint density at radius 2 is 1.81 bits per heavy atom. The minimum atomic E-state index is -0.700. The monoisotopic (exact) mass is 329 g/mol. The van der Waals surface area contributed by atoms with Crippen molar-refractivity contribution in [2.24, 2.45) is 5.92 Å². The van der Waals surface area contributed by atoms with Crippen molar-refractivity contribution in [3.05, 3.63) is 39.9 Å². The van der Waals surface area contributed by atoms with Gasteiger partial charge in [-0.05, 0) is 24.1 Å². The molecule has 1 amide bonds.